The Morgan fingerprint density at radius 2 is 1.36 bits per heavy atom. The molecule has 0 N–H and O–H groups in total. The first-order chi connectivity index (χ1) is 13.8. The molecule has 0 bridgehead atoms. The van der Waals surface area contributed by atoms with Gasteiger partial charge in [-0.05, 0) is 70.7 Å². The predicted molar refractivity (Wildman–Crippen MR) is 120 cm³/mol. The number of allylic oxidation sites excluding steroid dienone is 12. The first-order valence-corrected chi connectivity index (χ1v) is 10.1. The topological polar surface area (TPSA) is 0 Å². The maximum atomic E-state index is 2.32. The zero-order chi connectivity index (χ0) is 18.9. The summed E-state index contributed by atoms with van der Waals surface area (Å²) in [6.45, 7) is 2.13. The van der Waals surface area contributed by atoms with Crippen LogP contribution in [0.1, 0.15) is 30.4 Å². The molecule has 0 fully saturated rings. The van der Waals surface area contributed by atoms with Crippen LogP contribution in [-0.4, -0.2) is 0 Å². The number of fused-ring (bicyclic) bond motifs is 2. The third-order valence-electron chi connectivity index (χ3n) is 5.91. The van der Waals surface area contributed by atoms with E-state index in [1.807, 2.05) is 0 Å². The third kappa shape index (κ3) is 3.05. The average Bonchev–Trinajstić information content (AvgIpc) is 2.88. The fraction of sp³-hybridized carbons (Fsp3) is 0.143. The highest BCUT2D eigenvalue weighted by Crippen LogP contribution is 2.44. The van der Waals surface area contributed by atoms with Crippen LogP contribution in [0.5, 0.6) is 0 Å². The molecule has 3 aliphatic carbocycles. The van der Waals surface area contributed by atoms with Crippen molar-refractivity contribution in [3.63, 3.8) is 0 Å². The smallest absolute Gasteiger partial charge is 0.00105 e. The number of hydrogen-bond donors (Lipinski definition) is 0. The summed E-state index contributed by atoms with van der Waals surface area (Å²) in [5.74, 6) is 0. The highest BCUT2D eigenvalue weighted by Gasteiger charge is 2.25. The molecule has 0 aromatic heterocycles. The lowest BCUT2D eigenvalue weighted by molar-refractivity contribution is 1.22. The van der Waals surface area contributed by atoms with Crippen molar-refractivity contribution in [1.82, 2.24) is 0 Å². The Labute approximate surface area is 167 Å². The van der Waals surface area contributed by atoms with Crippen molar-refractivity contribution in [2.24, 2.45) is 0 Å². The minimum atomic E-state index is 0.993. The molecule has 0 unspecified atom stereocenters. The van der Waals surface area contributed by atoms with Gasteiger partial charge in [0.15, 0.2) is 0 Å². The van der Waals surface area contributed by atoms with Gasteiger partial charge in [0.1, 0.15) is 0 Å². The van der Waals surface area contributed by atoms with Crippen LogP contribution in [0.2, 0.25) is 0 Å². The van der Waals surface area contributed by atoms with Crippen molar-refractivity contribution in [2.75, 3.05) is 0 Å². The average molecular weight is 361 g/mol. The number of benzene rings is 2. The summed E-state index contributed by atoms with van der Waals surface area (Å²) in [5.41, 5.74) is 12.4. The summed E-state index contributed by atoms with van der Waals surface area (Å²) in [5, 5.41) is 0. The molecule has 0 spiro atoms. The second kappa shape index (κ2) is 7.13. The van der Waals surface area contributed by atoms with Crippen LogP contribution in [0, 0.1) is 6.92 Å². The number of aryl methyl sites for hydroxylation is 1. The van der Waals surface area contributed by atoms with Crippen molar-refractivity contribution in [2.45, 2.75) is 26.2 Å². The molecule has 0 aliphatic heterocycles. The maximum Gasteiger partial charge on any atom is -0.00105 e. The molecule has 0 saturated carbocycles. The van der Waals surface area contributed by atoms with E-state index in [0.29, 0.717) is 0 Å². The van der Waals surface area contributed by atoms with Crippen LogP contribution in [0.4, 0.5) is 0 Å². The van der Waals surface area contributed by atoms with E-state index >= 15 is 0 Å². The molecule has 0 saturated heterocycles. The molecule has 3 aliphatic rings. The van der Waals surface area contributed by atoms with Gasteiger partial charge in [-0.2, -0.15) is 0 Å². The van der Waals surface area contributed by atoms with Gasteiger partial charge in [0.05, 0.1) is 0 Å². The van der Waals surface area contributed by atoms with Gasteiger partial charge in [-0.1, -0.05) is 96.6 Å². The largest absolute Gasteiger partial charge is 0.0804 e. The second-order valence-electron chi connectivity index (χ2n) is 7.77. The molecule has 0 heterocycles. The van der Waals surface area contributed by atoms with Crippen molar-refractivity contribution in [3.05, 3.63) is 124 Å². The second-order valence-corrected chi connectivity index (χ2v) is 7.77. The molecular weight excluding hydrogens is 336 g/mol. The van der Waals surface area contributed by atoms with E-state index in [2.05, 4.69) is 98.0 Å². The molecule has 28 heavy (non-hydrogen) atoms. The quantitative estimate of drug-likeness (QED) is 0.519. The SMILES string of the molecule is Cc1ccc(-c2ccc(C3=C4CC5=C(C=CCC=C5)C4=CC=CC3)cc2)cc1. The van der Waals surface area contributed by atoms with Gasteiger partial charge in [0, 0.05) is 0 Å². The van der Waals surface area contributed by atoms with E-state index in [4.69, 9.17) is 0 Å². The molecule has 136 valence electrons. The Hall–Kier alpha value is -3.12. The molecule has 0 atom stereocenters. The lowest BCUT2D eigenvalue weighted by atomic mass is 9.91. The van der Waals surface area contributed by atoms with Crippen LogP contribution in [0.3, 0.4) is 0 Å². The lowest BCUT2D eigenvalue weighted by Gasteiger charge is -2.13. The molecule has 0 heteroatoms. The Balaban J connectivity index is 1.53. The summed E-state index contributed by atoms with van der Waals surface area (Å²) in [7, 11) is 0. The van der Waals surface area contributed by atoms with Crippen LogP contribution >= 0.6 is 0 Å². The molecular formula is C28H24. The van der Waals surface area contributed by atoms with Crippen LogP contribution in [0.25, 0.3) is 16.7 Å². The Kier molecular flexibility index (Phi) is 4.33. The van der Waals surface area contributed by atoms with Gasteiger partial charge in [-0.3, -0.25) is 0 Å². The predicted octanol–water partition coefficient (Wildman–Crippen LogP) is 7.52. The van der Waals surface area contributed by atoms with E-state index in [1.165, 1.54) is 50.1 Å². The molecule has 0 amide bonds. The van der Waals surface area contributed by atoms with Gasteiger partial charge in [-0.25, -0.2) is 0 Å². The third-order valence-corrected chi connectivity index (χ3v) is 5.91. The first kappa shape index (κ1) is 17.0. The normalized spacial score (nSPS) is 18.0. The molecule has 0 nitrogen and oxygen atoms in total. The van der Waals surface area contributed by atoms with Gasteiger partial charge in [0.2, 0.25) is 0 Å². The van der Waals surface area contributed by atoms with E-state index in [0.717, 1.165) is 19.3 Å². The Morgan fingerprint density at radius 1 is 0.679 bits per heavy atom. The summed E-state index contributed by atoms with van der Waals surface area (Å²) in [6.07, 6.45) is 19.1. The monoisotopic (exact) mass is 360 g/mol. The van der Waals surface area contributed by atoms with E-state index in [1.54, 1.807) is 0 Å². The fourth-order valence-corrected chi connectivity index (χ4v) is 4.37. The van der Waals surface area contributed by atoms with Crippen molar-refractivity contribution in [1.29, 1.82) is 0 Å². The molecule has 0 radical (unpaired) electrons. The van der Waals surface area contributed by atoms with Gasteiger partial charge < -0.3 is 0 Å². The molecule has 2 aromatic carbocycles. The van der Waals surface area contributed by atoms with Gasteiger partial charge in [0.25, 0.3) is 0 Å². The number of rotatable bonds is 2. The number of hydrogen-bond acceptors (Lipinski definition) is 0. The van der Waals surface area contributed by atoms with Gasteiger partial charge in [-0.15, -0.1) is 0 Å². The van der Waals surface area contributed by atoms with Crippen LogP contribution < -0.4 is 0 Å². The summed E-state index contributed by atoms with van der Waals surface area (Å²) < 4.78 is 0. The van der Waals surface area contributed by atoms with Crippen molar-refractivity contribution < 1.29 is 0 Å². The van der Waals surface area contributed by atoms with Gasteiger partial charge >= 0.3 is 0 Å². The minimum Gasteiger partial charge on any atom is -0.0804 e. The lowest BCUT2D eigenvalue weighted by Crippen LogP contribution is -1.92. The zero-order valence-electron chi connectivity index (χ0n) is 16.3. The summed E-state index contributed by atoms with van der Waals surface area (Å²) in [4.78, 5) is 0. The summed E-state index contributed by atoms with van der Waals surface area (Å²) in [6, 6.07) is 17.9. The Morgan fingerprint density at radius 3 is 2.14 bits per heavy atom. The molecule has 2 aromatic rings. The van der Waals surface area contributed by atoms with Crippen molar-refractivity contribution >= 4 is 5.57 Å². The Bertz CT molecular complexity index is 1090. The first-order valence-electron chi connectivity index (χ1n) is 10.1. The van der Waals surface area contributed by atoms with Crippen LogP contribution in [-0.2, 0) is 0 Å². The highest BCUT2D eigenvalue weighted by atomic mass is 14.3. The zero-order valence-corrected chi connectivity index (χ0v) is 16.3. The fourth-order valence-electron chi connectivity index (χ4n) is 4.37. The molecule has 5 rings (SSSR count). The van der Waals surface area contributed by atoms with Crippen molar-refractivity contribution in [3.8, 4) is 11.1 Å². The van der Waals surface area contributed by atoms with E-state index in [-0.39, 0.29) is 0 Å². The summed E-state index contributed by atoms with van der Waals surface area (Å²) >= 11 is 0. The standard InChI is InChI=1S/C28H24/c1-20-11-13-21(14-12-20)22-15-17-23(18-16-22)25-9-5-6-10-27-26-8-4-2-3-7-24(26)19-28(25)27/h3-8,10-18H,2,9,19H2,1H3. The van der Waals surface area contributed by atoms with Crippen LogP contribution in [0.15, 0.2) is 113 Å². The van der Waals surface area contributed by atoms with E-state index in [9.17, 15) is 0 Å². The minimum absolute atomic E-state index is 0.993. The highest BCUT2D eigenvalue weighted by molar-refractivity contribution is 5.82. The van der Waals surface area contributed by atoms with E-state index < -0.39 is 0 Å². The maximum absolute atomic E-state index is 2.32.